The first kappa shape index (κ1) is 26.0. The van der Waals surface area contributed by atoms with Gasteiger partial charge in [0.15, 0.2) is 11.5 Å². The number of sulfonamides is 1. The summed E-state index contributed by atoms with van der Waals surface area (Å²) >= 11 is 0. The lowest BCUT2D eigenvalue weighted by Gasteiger charge is -2.18. The summed E-state index contributed by atoms with van der Waals surface area (Å²) in [6.45, 7) is 9.12. The van der Waals surface area contributed by atoms with Crippen LogP contribution in [0.3, 0.4) is 0 Å². The molecule has 188 valence electrons. The van der Waals surface area contributed by atoms with E-state index in [2.05, 4.69) is 33.9 Å². The molecular weight excluding hydrogens is 458 g/mol. The highest BCUT2D eigenvalue weighted by Crippen LogP contribution is 2.32. The fraction of sp³-hybridized carbons (Fsp3) is 0.565. The molecule has 0 radical (unpaired) electrons. The molecule has 0 fully saturated rings. The van der Waals surface area contributed by atoms with Gasteiger partial charge in [-0.1, -0.05) is 20.3 Å². The van der Waals surface area contributed by atoms with Crippen LogP contribution in [0.2, 0.25) is 0 Å². The molecule has 1 aromatic heterocycles. The monoisotopic (exact) mass is 493 g/mol. The van der Waals surface area contributed by atoms with Gasteiger partial charge in [-0.3, -0.25) is 9.48 Å². The Labute approximate surface area is 201 Å². The van der Waals surface area contributed by atoms with Gasteiger partial charge in [-0.2, -0.15) is 5.10 Å². The van der Waals surface area contributed by atoms with Crippen LogP contribution in [-0.4, -0.2) is 68.4 Å². The summed E-state index contributed by atoms with van der Waals surface area (Å²) in [4.78, 5) is 14.6. The Morgan fingerprint density at radius 3 is 2.65 bits per heavy atom. The third-order valence-electron chi connectivity index (χ3n) is 5.65. The summed E-state index contributed by atoms with van der Waals surface area (Å²) in [6, 6.07) is 4.59. The van der Waals surface area contributed by atoms with Gasteiger partial charge in [0.2, 0.25) is 15.9 Å². The molecule has 2 N–H and O–H groups in total. The molecule has 34 heavy (non-hydrogen) atoms. The maximum atomic E-state index is 12.5. The van der Waals surface area contributed by atoms with Crippen molar-refractivity contribution in [1.29, 1.82) is 0 Å². The smallest absolute Gasteiger partial charge is 0.240 e. The van der Waals surface area contributed by atoms with E-state index in [9.17, 15) is 13.2 Å². The summed E-state index contributed by atoms with van der Waals surface area (Å²) in [7, 11) is -3.63. The van der Waals surface area contributed by atoms with Crippen LogP contribution >= 0.6 is 0 Å². The van der Waals surface area contributed by atoms with Crippen molar-refractivity contribution >= 4 is 21.6 Å². The maximum absolute atomic E-state index is 12.5. The van der Waals surface area contributed by atoms with Gasteiger partial charge in [0.1, 0.15) is 13.2 Å². The van der Waals surface area contributed by atoms with Gasteiger partial charge >= 0.3 is 0 Å². The lowest BCUT2D eigenvalue weighted by molar-refractivity contribution is -0.116. The fourth-order valence-electron chi connectivity index (χ4n) is 3.63. The van der Waals surface area contributed by atoms with Crippen LogP contribution in [0.5, 0.6) is 11.5 Å². The van der Waals surface area contributed by atoms with Crippen molar-refractivity contribution in [1.82, 2.24) is 19.4 Å². The van der Waals surface area contributed by atoms with Crippen LogP contribution in [0, 0.1) is 0 Å². The van der Waals surface area contributed by atoms with Crippen LogP contribution in [0.15, 0.2) is 35.5 Å². The number of unbranched alkanes of at least 4 members (excludes halogenated alkanes) is 2. The Kier molecular flexibility index (Phi) is 9.73. The minimum Gasteiger partial charge on any atom is -0.486 e. The summed E-state index contributed by atoms with van der Waals surface area (Å²) in [5, 5.41) is 7.17. The number of carbonyl (C=O) groups is 1. The number of carbonyl (C=O) groups excluding carboxylic acids is 1. The molecule has 0 spiro atoms. The van der Waals surface area contributed by atoms with Gasteiger partial charge in [-0.05, 0) is 38.1 Å². The Balaban J connectivity index is 1.32. The summed E-state index contributed by atoms with van der Waals surface area (Å²) in [6.07, 6.45) is 5.93. The van der Waals surface area contributed by atoms with Crippen molar-refractivity contribution in [2.45, 2.75) is 51.0 Å². The van der Waals surface area contributed by atoms with Crippen molar-refractivity contribution in [3.8, 4) is 11.5 Å². The average Bonchev–Trinajstić information content (AvgIpc) is 3.28. The van der Waals surface area contributed by atoms with E-state index in [-0.39, 0.29) is 10.8 Å². The van der Waals surface area contributed by atoms with Crippen molar-refractivity contribution < 1.29 is 22.7 Å². The predicted molar refractivity (Wildman–Crippen MR) is 130 cm³/mol. The molecule has 0 saturated carbocycles. The van der Waals surface area contributed by atoms with Crippen LogP contribution in [0.25, 0.3) is 0 Å². The molecule has 2 heterocycles. The SMILES string of the molecule is CCN(CC)CCn1cc(NC(=O)CCCCCNS(=O)(=O)c2ccc3c(c2)OCCO3)cn1. The molecule has 11 heteroatoms. The number of hydrogen-bond acceptors (Lipinski definition) is 7. The summed E-state index contributed by atoms with van der Waals surface area (Å²) in [5.41, 5.74) is 0.691. The second-order valence-corrected chi connectivity index (χ2v) is 9.85. The Bertz CT molecular complexity index is 1040. The average molecular weight is 494 g/mol. The highest BCUT2D eigenvalue weighted by atomic mass is 32.2. The third-order valence-corrected chi connectivity index (χ3v) is 7.11. The predicted octanol–water partition coefficient (Wildman–Crippen LogP) is 2.47. The number of fused-ring (bicyclic) bond motifs is 1. The van der Waals surface area contributed by atoms with Crippen LogP contribution in [0.4, 0.5) is 5.69 Å². The molecule has 1 amide bonds. The number of nitrogens with one attached hydrogen (secondary N) is 2. The molecular formula is C23H35N5O5S. The number of rotatable bonds is 14. The van der Waals surface area contributed by atoms with Gasteiger partial charge in [-0.25, -0.2) is 13.1 Å². The molecule has 1 aromatic carbocycles. The molecule has 0 aliphatic carbocycles. The van der Waals surface area contributed by atoms with Crippen LogP contribution in [-0.2, 0) is 21.4 Å². The van der Waals surface area contributed by atoms with Crippen molar-refractivity contribution in [2.75, 3.05) is 44.7 Å². The van der Waals surface area contributed by atoms with Gasteiger partial charge < -0.3 is 19.7 Å². The van der Waals surface area contributed by atoms with E-state index in [0.29, 0.717) is 56.2 Å². The first-order valence-electron chi connectivity index (χ1n) is 11.8. The number of likely N-dealkylation sites (N-methyl/N-ethyl adjacent to an activating group) is 1. The number of nitrogens with zero attached hydrogens (tertiary/aromatic N) is 3. The zero-order valence-electron chi connectivity index (χ0n) is 20.0. The molecule has 0 unspecified atom stereocenters. The van der Waals surface area contributed by atoms with Gasteiger partial charge in [0, 0.05) is 31.8 Å². The molecule has 0 bridgehead atoms. The number of hydrogen-bond donors (Lipinski definition) is 2. The minimum absolute atomic E-state index is 0.0693. The quantitative estimate of drug-likeness (QED) is 0.389. The standard InChI is InChI=1S/C23H35N5O5S/c1-3-27(4-2)12-13-28-18-19(17-24-28)26-23(29)8-6-5-7-11-25-34(30,31)20-9-10-21-22(16-20)33-15-14-32-21/h9-10,16-18,25H,3-8,11-15H2,1-2H3,(H,26,29). The molecule has 1 aliphatic heterocycles. The Hall–Kier alpha value is -2.63. The Morgan fingerprint density at radius 2 is 1.88 bits per heavy atom. The number of ether oxygens (including phenoxy) is 2. The van der Waals surface area contributed by atoms with Crippen LogP contribution < -0.4 is 19.5 Å². The molecule has 2 aromatic rings. The lowest BCUT2D eigenvalue weighted by atomic mass is 10.2. The van der Waals surface area contributed by atoms with E-state index < -0.39 is 10.0 Å². The number of benzene rings is 1. The van der Waals surface area contributed by atoms with Gasteiger partial charge in [-0.15, -0.1) is 0 Å². The number of amides is 1. The zero-order valence-corrected chi connectivity index (χ0v) is 20.8. The normalized spacial score (nSPS) is 13.3. The first-order valence-corrected chi connectivity index (χ1v) is 13.3. The third kappa shape index (κ3) is 7.71. The second-order valence-electron chi connectivity index (χ2n) is 8.08. The van der Waals surface area contributed by atoms with E-state index in [1.807, 2.05) is 10.9 Å². The van der Waals surface area contributed by atoms with Crippen LogP contribution in [0.1, 0.15) is 39.5 Å². The van der Waals surface area contributed by atoms with Gasteiger partial charge in [0.25, 0.3) is 0 Å². The van der Waals surface area contributed by atoms with Gasteiger partial charge in [0.05, 0.1) is 23.3 Å². The molecule has 0 atom stereocenters. The number of aromatic nitrogens is 2. The summed E-state index contributed by atoms with van der Waals surface area (Å²) < 4.78 is 40.3. The van der Waals surface area contributed by atoms with Crippen molar-refractivity contribution in [3.63, 3.8) is 0 Å². The number of anilines is 1. The molecule has 0 saturated heterocycles. The molecule has 1 aliphatic rings. The van der Waals surface area contributed by atoms with E-state index in [1.165, 1.54) is 12.1 Å². The van der Waals surface area contributed by atoms with E-state index in [4.69, 9.17) is 9.47 Å². The lowest BCUT2D eigenvalue weighted by Crippen LogP contribution is -2.27. The fourth-order valence-corrected chi connectivity index (χ4v) is 4.71. The zero-order chi connectivity index (χ0) is 24.4. The van der Waals surface area contributed by atoms with Crippen molar-refractivity contribution in [2.24, 2.45) is 0 Å². The molecule has 3 rings (SSSR count). The highest BCUT2D eigenvalue weighted by molar-refractivity contribution is 7.89. The molecule has 10 nitrogen and oxygen atoms in total. The largest absolute Gasteiger partial charge is 0.486 e. The first-order chi connectivity index (χ1) is 16.4. The highest BCUT2D eigenvalue weighted by Gasteiger charge is 2.19. The topological polar surface area (TPSA) is 115 Å². The van der Waals surface area contributed by atoms with Crippen molar-refractivity contribution in [3.05, 3.63) is 30.6 Å². The van der Waals surface area contributed by atoms with E-state index in [1.54, 1.807) is 12.3 Å². The minimum atomic E-state index is -3.63. The second kappa shape index (κ2) is 12.7. The summed E-state index contributed by atoms with van der Waals surface area (Å²) in [5.74, 6) is 0.921. The maximum Gasteiger partial charge on any atom is 0.240 e. The van der Waals surface area contributed by atoms with E-state index >= 15 is 0 Å². The Morgan fingerprint density at radius 1 is 1.12 bits per heavy atom. The van der Waals surface area contributed by atoms with E-state index in [0.717, 1.165) is 32.6 Å².